The molecule has 7 heteroatoms. The van der Waals surface area contributed by atoms with E-state index in [-0.39, 0.29) is 24.4 Å². The molecule has 5 nitrogen and oxygen atoms in total. The highest BCUT2D eigenvalue weighted by Crippen LogP contribution is 2.28. The standard InChI is InChI=1S/C15H23N3O2S.ClH/c19-14(9-11-10-20-8-7-16-11)18-15-17-12-5-3-1-2-4-6-13(12)21-15;/h11,16H,1-10H2,(H,17,18,19);1H. The first kappa shape index (κ1) is 17.7. The van der Waals surface area contributed by atoms with Crippen molar-refractivity contribution in [2.24, 2.45) is 0 Å². The Bertz CT molecular complexity index is 464. The summed E-state index contributed by atoms with van der Waals surface area (Å²) in [5.74, 6) is 0.0275. The molecule has 1 fully saturated rings. The van der Waals surface area contributed by atoms with Gasteiger partial charge in [0.05, 0.1) is 18.9 Å². The van der Waals surface area contributed by atoms with E-state index in [1.54, 1.807) is 11.3 Å². The number of morpholine rings is 1. The van der Waals surface area contributed by atoms with Gasteiger partial charge in [0.25, 0.3) is 0 Å². The van der Waals surface area contributed by atoms with E-state index in [2.05, 4.69) is 15.6 Å². The third kappa shape index (κ3) is 4.91. The lowest BCUT2D eigenvalue weighted by Crippen LogP contribution is -2.43. The van der Waals surface area contributed by atoms with Crippen molar-refractivity contribution in [1.29, 1.82) is 0 Å². The number of thiazole rings is 1. The van der Waals surface area contributed by atoms with Gasteiger partial charge in [0.2, 0.25) is 5.91 Å². The Morgan fingerprint density at radius 2 is 2.14 bits per heavy atom. The van der Waals surface area contributed by atoms with Crippen LogP contribution in [0.5, 0.6) is 0 Å². The number of anilines is 1. The normalized spacial score (nSPS) is 21.9. The van der Waals surface area contributed by atoms with Gasteiger partial charge in [-0.05, 0) is 25.7 Å². The van der Waals surface area contributed by atoms with Crippen molar-refractivity contribution in [2.45, 2.75) is 51.0 Å². The molecule has 2 aliphatic rings. The first-order valence-electron chi connectivity index (χ1n) is 7.91. The molecule has 1 aromatic rings. The summed E-state index contributed by atoms with van der Waals surface area (Å²) in [5.41, 5.74) is 1.20. The lowest BCUT2D eigenvalue weighted by molar-refractivity contribution is -0.117. The van der Waals surface area contributed by atoms with E-state index in [0.29, 0.717) is 13.0 Å². The van der Waals surface area contributed by atoms with E-state index >= 15 is 0 Å². The summed E-state index contributed by atoms with van der Waals surface area (Å²) in [6, 6.07) is 0.125. The zero-order valence-electron chi connectivity index (χ0n) is 12.7. The van der Waals surface area contributed by atoms with Crippen molar-refractivity contribution in [3.8, 4) is 0 Å². The molecule has 1 atom stereocenters. The number of nitrogens with one attached hydrogen (secondary N) is 2. The second kappa shape index (κ2) is 8.82. The number of amides is 1. The summed E-state index contributed by atoms with van der Waals surface area (Å²) in [7, 11) is 0. The summed E-state index contributed by atoms with van der Waals surface area (Å²) in [5, 5.41) is 7.03. The zero-order valence-corrected chi connectivity index (χ0v) is 14.4. The van der Waals surface area contributed by atoms with Gasteiger partial charge in [0.15, 0.2) is 5.13 Å². The molecular weight excluding hydrogens is 322 g/mol. The van der Waals surface area contributed by atoms with Crippen LogP contribution in [0.15, 0.2) is 0 Å². The number of carbonyl (C=O) groups is 1. The number of nitrogens with zero attached hydrogens (tertiary/aromatic N) is 1. The Morgan fingerprint density at radius 1 is 1.32 bits per heavy atom. The molecule has 1 saturated heterocycles. The van der Waals surface area contributed by atoms with E-state index in [4.69, 9.17) is 4.74 Å². The molecule has 0 spiro atoms. The van der Waals surface area contributed by atoms with Gasteiger partial charge in [-0.15, -0.1) is 23.7 Å². The molecule has 0 bridgehead atoms. The number of halogens is 1. The van der Waals surface area contributed by atoms with Gasteiger partial charge in [-0.25, -0.2) is 4.98 Å². The molecule has 1 aliphatic carbocycles. The molecule has 1 aromatic heterocycles. The summed E-state index contributed by atoms with van der Waals surface area (Å²) in [6.07, 6.45) is 7.68. The Morgan fingerprint density at radius 3 is 2.91 bits per heavy atom. The maximum atomic E-state index is 12.1. The molecule has 3 rings (SSSR count). The van der Waals surface area contributed by atoms with Crippen molar-refractivity contribution < 1.29 is 9.53 Å². The molecule has 2 N–H and O–H groups in total. The van der Waals surface area contributed by atoms with Gasteiger partial charge in [-0.1, -0.05) is 12.8 Å². The predicted octanol–water partition coefficient (Wildman–Crippen LogP) is 2.54. The molecule has 22 heavy (non-hydrogen) atoms. The Balaban J connectivity index is 0.00000176. The molecule has 1 aliphatic heterocycles. The molecule has 1 unspecified atom stereocenters. The minimum atomic E-state index is 0. The molecule has 0 saturated carbocycles. The fraction of sp³-hybridized carbons (Fsp3) is 0.733. The van der Waals surface area contributed by atoms with Gasteiger partial charge in [-0.3, -0.25) is 4.79 Å². The van der Waals surface area contributed by atoms with E-state index in [9.17, 15) is 4.79 Å². The second-order valence-corrected chi connectivity index (χ2v) is 6.86. The van der Waals surface area contributed by atoms with Crippen molar-refractivity contribution in [3.63, 3.8) is 0 Å². The van der Waals surface area contributed by atoms with Gasteiger partial charge in [0, 0.05) is 23.9 Å². The molecule has 0 aromatic carbocycles. The number of ether oxygens (including phenoxy) is 1. The first-order chi connectivity index (χ1) is 10.3. The van der Waals surface area contributed by atoms with Crippen molar-refractivity contribution >= 4 is 34.8 Å². The van der Waals surface area contributed by atoms with Crippen LogP contribution in [0.1, 0.15) is 42.7 Å². The maximum absolute atomic E-state index is 12.1. The average molecular weight is 346 g/mol. The predicted molar refractivity (Wildman–Crippen MR) is 91.1 cm³/mol. The van der Waals surface area contributed by atoms with Crippen molar-refractivity contribution in [1.82, 2.24) is 10.3 Å². The summed E-state index contributed by atoms with van der Waals surface area (Å²) in [4.78, 5) is 18.1. The largest absolute Gasteiger partial charge is 0.378 e. The Hall–Kier alpha value is -0.690. The highest BCUT2D eigenvalue weighted by atomic mass is 35.5. The fourth-order valence-electron chi connectivity index (χ4n) is 2.90. The van der Waals surface area contributed by atoms with Gasteiger partial charge >= 0.3 is 0 Å². The van der Waals surface area contributed by atoms with E-state index in [0.717, 1.165) is 31.1 Å². The minimum Gasteiger partial charge on any atom is -0.378 e. The lowest BCUT2D eigenvalue weighted by atomic mass is 10.0. The third-order valence-electron chi connectivity index (χ3n) is 4.02. The van der Waals surface area contributed by atoms with Crippen LogP contribution < -0.4 is 10.6 Å². The number of hydrogen-bond acceptors (Lipinski definition) is 5. The quantitative estimate of drug-likeness (QED) is 0.883. The van der Waals surface area contributed by atoms with Crippen LogP contribution in [0.2, 0.25) is 0 Å². The van der Waals surface area contributed by atoms with Crippen molar-refractivity contribution in [3.05, 3.63) is 10.6 Å². The molecule has 2 heterocycles. The molecular formula is C15H24ClN3O2S. The second-order valence-electron chi connectivity index (χ2n) is 5.78. The number of hydrogen-bond donors (Lipinski definition) is 2. The first-order valence-corrected chi connectivity index (χ1v) is 8.72. The van der Waals surface area contributed by atoms with Crippen LogP contribution in [0.25, 0.3) is 0 Å². The SMILES string of the molecule is Cl.O=C(CC1COCCN1)Nc1nc2c(s1)CCCCCC2. The highest BCUT2D eigenvalue weighted by molar-refractivity contribution is 7.15. The monoisotopic (exact) mass is 345 g/mol. The van der Waals surface area contributed by atoms with Gasteiger partial charge in [0.1, 0.15) is 0 Å². The summed E-state index contributed by atoms with van der Waals surface area (Å²) in [6.45, 7) is 2.17. The molecule has 124 valence electrons. The number of rotatable bonds is 3. The number of aryl methyl sites for hydroxylation is 2. The Labute approximate surface area is 141 Å². The van der Waals surface area contributed by atoms with Crippen LogP contribution in [0, 0.1) is 0 Å². The average Bonchev–Trinajstić information content (AvgIpc) is 2.81. The lowest BCUT2D eigenvalue weighted by Gasteiger charge is -2.22. The van der Waals surface area contributed by atoms with Crippen LogP contribution in [0.3, 0.4) is 0 Å². The fourth-order valence-corrected chi connectivity index (χ4v) is 3.97. The highest BCUT2D eigenvalue weighted by Gasteiger charge is 2.19. The Kier molecular flexibility index (Phi) is 7.08. The smallest absolute Gasteiger partial charge is 0.227 e. The summed E-state index contributed by atoms with van der Waals surface area (Å²) < 4.78 is 5.37. The van der Waals surface area contributed by atoms with Crippen LogP contribution in [-0.4, -0.2) is 36.7 Å². The number of fused-ring (bicyclic) bond motifs is 1. The van der Waals surface area contributed by atoms with Gasteiger partial charge < -0.3 is 15.4 Å². The van der Waals surface area contributed by atoms with E-state index in [1.807, 2.05) is 0 Å². The van der Waals surface area contributed by atoms with Crippen LogP contribution in [0.4, 0.5) is 5.13 Å². The third-order valence-corrected chi connectivity index (χ3v) is 5.10. The zero-order chi connectivity index (χ0) is 14.5. The van der Waals surface area contributed by atoms with Gasteiger partial charge in [-0.2, -0.15) is 0 Å². The van der Waals surface area contributed by atoms with E-state index < -0.39 is 0 Å². The maximum Gasteiger partial charge on any atom is 0.227 e. The summed E-state index contributed by atoms with van der Waals surface area (Å²) >= 11 is 1.65. The van der Waals surface area contributed by atoms with Crippen LogP contribution in [-0.2, 0) is 22.4 Å². The molecule has 1 amide bonds. The number of aromatic nitrogens is 1. The van der Waals surface area contributed by atoms with E-state index in [1.165, 1.54) is 36.3 Å². The topological polar surface area (TPSA) is 63.2 Å². The van der Waals surface area contributed by atoms with Crippen molar-refractivity contribution in [2.75, 3.05) is 25.1 Å². The number of carbonyl (C=O) groups excluding carboxylic acids is 1. The van der Waals surface area contributed by atoms with Crippen LogP contribution >= 0.6 is 23.7 Å². The molecule has 0 radical (unpaired) electrons. The minimum absolute atomic E-state index is 0.